The Hall–Kier alpha value is -1.94. The summed E-state index contributed by atoms with van der Waals surface area (Å²) in [6.07, 6.45) is 3.87. The van der Waals surface area contributed by atoms with E-state index in [9.17, 15) is 0 Å². The molecule has 0 amide bonds. The highest BCUT2D eigenvalue weighted by atomic mass is 17.2. The Morgan fingerprint density at radius 1 is 0.826 bits per heavy atom. The van der Waals surface area contributed by atoms with Crippen LogP contribution in [0, 0.1) is 0 Å². The minimum Gasteiger partial charge on any atom is -0.343 e. The summed E-state index contributed by atoms with van der Waals surface area (Å²) in [6, 6.07) is 19.0. The quantitative estimate of drug-likeness (QED) is 0.759. The molecule has 1 fully saturated rings. The molecule has 1 saturated heterocycles. The van der Waals surface area contributed by atoms with E-state index in [0.717, 1.165) is 18.4 Å². The first kappa shape index (κ1) is 14.6. The Balaban J connectivity index is 1.59. The average Bonchev–Trinajstić information content (AvgIpc) is 2.62. The van der Waals surface area contributed by atoms with E-state index >= 15 is 0 Å². The molecular weight excluding hydrogens is 288 g/mol. The van der Waals surface area contributed by atoms with Crippen LogP contribution in [-0.2, 0) is 14.5 Å². The van der Waals surface area contributed by atoms with Gasteiger partial charge in [-0.3, -0.25) is 0 Å². The van der Waals surface area contributed by atoms with Gasteiger partial charge in [0.15, 0.2) is 6.29 Å². The van der Waals surface area contributed by atoms with Crippen molar-refractivity contribution in [2.24, 2.45) is 0 Å². The Morgan fingerprint density at radius 2 is 1.52 bits per heavy atom. The second-order valence-electron chi connectivity index (χ2n) is 6.04. The van der Waals surface area contributed by atoms with Crippen molar-refractivity contribution in [2.45, 2.75) is 38.3 Å². The van der Waals surface area contributed by atoms with Gasteiger partial charge in [-0.15, -0.1) is 0 Å². The van der Waals surface area contributed by atoms with Crippen LogP contribution in [0.1, 0.15) is 25.3 Å². The molecule has 2 aliphatic rings. The minimum atomic E-state index is -0.295. The lowest BCUT2D eigenvalue weighted by atomic mass is 9.88. The second kappa shape index (κ2) is 6.28. The number of hydrogen-bond acceptors (Lipinski definition) is 3. The van der Waals surface area contributed by atoms with Crippen LogP contribution in [0.3, 0.4) is 0 Å². The molecule has 4 rings (SSSR count). The number of benzene rings is 2. The van der Waals surface area contributed by atoms with Crippen molar-refractivity contribution in [1.29, 1.82) is 0 Å². The van der Waals surface area contributed by atoms with Gasteiger partial charge in [0.2, 0.25) is 0 Å². The summed E-state index contributed by atoms with van der Waals surface area (Å²) in [5.41, 5.74) is 4.77. The normalized spacial score (nSPS) is 27.2. The lowest BCUT2D eigenvalue weighted by Crippen LogP contribution is -2.43. The van der Waals surface area contributed by atoms with Crippen molar-refractivity contribution >= 4 is 5.57 Å². The number of rotatable bonds is 2. The van der Waals surface area contributed by atoms with E-state index in [2.05, 4.69) is 54.6 Å². The molecule has 0 spiro atoms. The van der Waals surface area contributed by atoms with E-state index in [1.54, 1.807) is 0 Å². The van der Waals surface area contributed by atoms with Gasteiger partial charge < -0.3 is 4.74 Å². The number of hydrogen-bond donors (Lipinski definition) is 0. The molecule has 0 aromatic heterocycles. The van der Waals surface area contributed by atoms with Crippen molar-refractivity contribution in [3.05, 3.63) is 66.2 Å². The van der Waals surface area contributed by atoms with Gasteiger partial charge in [-0.1, -0.05) is 60.7 Å². The third-order valence-electron chi connectivity index (χ3n) is 4.45. The first-order chi connectivity index (χ1) is 11.3. The maximum atomic E-state index is 5.85. The molecule has 118 valence electrons. The SMILES string of the molecule is CC1OO[C@H]2C(c3ccc(-c4ccccc4)cc3)=CCC[C@@H]2O1. The zero-order chi connectivity index (χ0) is 15.6. The van der Waals surface area contributed by atoms with Gasteiger partial charge in [-0.2, -0.15) is 0 Å². The third-order valence-corrected chi connectivity index (χ3v) is 4.45. The molecular formula is C20H20O3. The number of allylic oxidation sites excluding steroid dienone is 1. The largest absolute Gasteiger partial charge is 0.343 e. The van der Waals surface area contributed by atoms with Gasteiger partial charge in [0.1, 0.15) is 6.10 Å². The second-order valence-corrected chi connectivity index (χ2v) is 6.04. The molecule has 3 atom stereocenters. The van der Waals surface area contributed by atoms with Crippen LogP contribution in [0.15, 0.2) is 60.7 Å². The van der Waals surface area contributed by atoms with Crippen molar-refractivity contribution in [1.82, 2.24) is 0 Å². The topological polar surface area (TPSA) is 27.7 Å². The molecule has 1 aliphatic carbocycles. The highest BCUT2D eigenvalue weighted by Gasteiger charge is 2.36. The summed E-state index contributed by atoms with van der Waals surface area (Å²) in [4.78, 5) is 10.8. The van der Waals surface area contributed by atoms with Crippen LogP contribution in [0.25, 0.3) is 16.7 Å². The van der Waals surface area contributed by atoms with Crippen molar-refractivity contribution in [3.63, 3.8) is 0 Å². The molecule has 3 heteroatoms. The molecule has 0 bridgehead atoms. The maximum absolute atomic E-state index is 5.85. The van der Waals surface area contributed by atoms with Crippen LogP contribution in [-0.4, -0.2) is 18.5 Å². The summed E-state index contributed by atoms with van der Waals surface area (Å²) in [6.45, 7) is 1.86. The molecule has 2 aromatic carbocycles. The molecule has 0 N–H and O–H groups in total. The summed E-state index contributed by atoms with van der Waals surface area (Å²) in [7, 11) is 0. The van der Waals surface area contributed by atoms with Gasteiger partial charge in [-0.25, -0.2) is 9.78 Å². The monoisotopic (exact) mass is 308 g/mol. The van der Waals surface area contributed by atoms with Crippen LogP contribution in [0.4, 0.5) is 0 Å². The van der Waals surface area contributed by atoms with Crippen molar-refractivity contribution < 1.29 is 14.5 Å². The molecule has 3 nitrogen and oxygen atoms in total. The first-order valence-corrected chi connectivity index (χ1v) is 8.15. The van der Waals surface area contributed by atoms with Gasteiger partial charge in [0.05, 0.1) is 6.10 Å². The van der Waals surface area contributed by atoms with Crippen LogP contribution < -0.4 is 0 Å². The molecule has 1 unspecified atom stereocenters. The molecule has 23 heavy (non-hydrogen) atoms. The van der Waals surface area contributed by atoms with Gasteiger partial charge in [-0.05, 0) is 42.0 Å². The minimum absolute atomic E-state index is 0.0764. The Bertz CT molecular complexity index is 691. The van der Waals surface area contributed by atoms with E-state index in [-0.39, 0.29) is 18.5 Å². The summed E-state index contributed by atoms with van der Waals surface area (Å²) >= 11 is 0. The predicted molar refractivity (Wildman–Crippen MR) is 89.4 cm³/mol. The van der Waals surface area contributed by atoms with Crippen molar-refractivity contribution in [2.75, 3.05) is 0 Å². The summed E-state index contributed by atoms with van der Waals surface area (Å²) in [5, 5.41) is 0. The van der Waals surface area contributed by atoms with Gasteiger partial charge in [0, 0.05) is 0 Å². The predicted octanol–water partition coefficient (Wildman–Crippen LogP) is 4.59. The fraction of sp³-hybridized carbons (Fsp3) is 0.300. The number of fused-ring (bicyclic) bond motifs is 1. The Kier molecular flexibility index (Phi) is 4.00. The first-order valence-electron chi connectivity index (χ1n) is 8.15. The zero-order valence-electron chi connectivity index (χ0n) is 13.1. The van der Waals surface area contributed by atoms with E-state index < -0.39 is 0 Å². The zero-order valence-corrected chi connectivity index (χ0v) is 13.1. The average molecular weight is 308 g/mol. The molecule has 1 heterocycles. The lowest BCUT2D eigenvalue weighted by molar-refractivity contribution is -0.443. The van der Waals surface area contributed by atoms with E-state index in [1.807, 2.05) is 13.0 Å². The fourth-order valence-electron chi connectivity index (χ4n) is 3.30. The maximum Gasteiger partial charge on any atom is 0.188 e. The molecule has 2 aromatic rings. The highest BCUT2D eigenvalue weighted by Crippen LogP contribution is 2.35. The highest BCUT2D eigenvalue weighted by molar-refractivity contribution is 5.73. The molecule has 0 radical (unpaired) electrons. The summed E-state index contributed by atoms with van der Waals surface area (Å²) in [5.74, 6) is 0. The smallest absolute Gasteiger partial charge is 0.188 e. The summed E-state index contributed by atoms with van der Waals surface area (Å²) < 4.78 is 5.85. The van der Waals surface area contributed by atoms with E-state index in [0.29, 0.717) is 0 Å². The molecule has 0 saturated carbocycles. The van der Waals surface area contributed by atoms with Crippen LogP contribution >= 0.6 is 0 Å². The van der Waals surface area contributed by atoms with Crippen LogP contribution in [0.2, 0.25) is 0 Å². The number of ether oxygens (including phenoxy) is 1. The lowest BCUT2D eigenvalue weighted by Gasteiger charge is -2.37. The van der Waals surface area contributed by atoms with Crippen molar-refractivity contribution in [3.8, 4) is 11.1 Å². The van der Waals surface area contributed by atoms with E-state index in [4.69, 9.17) is 14.5 Å². The molecule has 1 aliphatic heterocycles. The third kappa shape index (κ3) is 2.95. The van der Waals surface area contributed by atoms with E-state index in [1.165, 1.54) is 16.7 Å². The van der Waals surface area contributed by atoms with Gasteiger partial charge >= 0.3 is 0 Å². The fourth-order valence-corrected chi connectivity index (χ4v) is 3.30. The van der Waals surface area contributed by atoms with Crippen LogP contribution in [0.5, 0.6) is 0 Å². The Labute approximate surface area is 136 Å². The Morgan fingerprint density at radius 3 is 2.30 bits per heavy atom. The standard InChI is InChI=1S/C20H20O3/c1-14-21-19-9-5-8-18(20(19)23-22-14)17-12-10-16(11-13-17)15-6-3-2-4-7-15/h2-4,6-8,10-14,19-20H,5,9H2,1H3/t14?,19-,20-/m0/s1. The van der Waals surface area contributed by atoms with Gasteiger partial charge in [0.25, 0.3) is 0 Å².